The van der Waals surface area contributed by atoms with E-state index in [9.17, 15) is 9.59 Å². The van der Waals surface area contributed by atoms with Gasteiger partial charge >= 0.3 is 5.97 Å². The molecule has 1 aliphatic heterocycles. The number of nitrogens with zero attached hydrogens (tertiary/aromatic N) is 1. The predicted molar refractivity (Wildman–Crippen MR) is 74.7 cm³/mol. The summed E-state index contributed by atoms with van der Waals surface area (Å²) in [5.74, 6) is -1.28. The molecule has 0 bridgehead atoms. The molecule has 1 heterocycles. The number of aliphatic carboxylic acids is 1. The van der Waals surface area contributed by atoms with Crippen LogP contribution in [0, 0.1) is 11.8 Å². The van der Waals surface area contributed by atoms with Gasteiger partial charge in [0.25, 0.3) is 5.91 Å². The third-order valence-electron chi connectivity index (χ3n) is 3.54. The number of amides is 1. The first-order valence-electron chi connectivity index (χ1n) is 5.97. The van der Waals surface area contributed by atoms with E-state index < -0.39 is 11.9 Å². The van der Waals surface area contributed by atoms with Crippen LogP contribution >= 0.6 is 15.9 Å². The SMILES string of the molecule is CC(C(=O)O)C1CN(C(=O)c2ccc(N)c(Br)c2)C1. The number of rotatable bonds is 3. The van der Waals surface area contributed by atoms with Crippen LogP contribution in [-0.4, -0.2) is 35.0 Å². The van der Waals surface area contributed by atoms with Crippen LogP contribution in [0.2, 0.25) is 0 Å². The normalized spacial score (nSPS) is 16.8. The molecule has 1 fully saturated rings. The van der Waals surface area contributed by atoms with Crippen LogP contribution in [0.25, 0.3) is 0 Å². The number of halogens is 1. The summed E-state index contributed by atoms with van der Waals surface area (Å²) in [6.45, 7) is 2.66. The molecule has 1 aromatic rings. The molecule has 1 aromatic carbocycles. The topological polar surface area (TPSA) is 83.6 Å². The average Bonchev–Trinajstić information content (AvgIpc) is 2.30. The van der Waals surface area contributed by atoms with Crippen LogP contribution in [0.5, 0.6) is 0 Å². The van der Waals surface area contributed by atoms with Crippen LogP contribution < -0.4 is 5.73 Å². The van der Waals surface area contributed by atoms with E-state index >= 15 is 0 Å². The molecule has 3 N–H and O–H groups in total. The van der Waals surface area contributed by atoms with Gasteiger partial charge in [0, 0.05) is 34.7 Å². The van der Waals surface area contributed by atoms with Crippen LogP contribution in [-0.2, 0) is 4.79 Å². The van der Waals surface area contributed by atoms with Crippen molar-refractivity contribution in [1.82, 2.24) is 4.90 Å². The molecule has 1 aliphatic rings. The van der Waals surface area contributed by atoms with Gasteiger partial charge < -0.3 is 15.7 Å². The molecule has 5 nitrogen and oxygen atoms in total. The van der Waals surface area contributed by atoms with E-state index in [-0.39, 0.29) is 11.8 Å². The maximum absolute atomic E-state index is 12.1. The van der Waals surface area contributed by atoms with Gasteiger partial charge in [-0.05, 0) is 34.1 Å². The van der Waals surface area contributed by atoms with Crippen molar-refractivity contribution in [3.63, 3.8) is 0 Å². The fourth-order valence-electron chi connectivity index (χ4n) is 2.04. The summed E-state index contributed by atoms with van der Waals surface area (Å²) in [6, 6.07) is 5.04. The van der Waals surface area contributed by atoms with Crippen LogP contribution in [0.3, 0.4) is 0 Å². The summed E-state index contributed by atoms with van der Waals surface area (Å²) in [5, 5.41) is 8.90. The van der Waals surface area contributed by atoms with Crippen molar-refractivity contribution in [1.29, 1.82) is 0 Å². The molecule has 0 aliphatic carbocycles. The molecule has 6 heteroatoms. The van der Waals surface area contributed by atoms with E-state index in [1.165, 1.54) is 0 Å². The van der Waals surface area contributed by atoms with Crippen molar-refractivity contribution in [2.24, 2.45) is 11.8 Å². The highest BCUT2D eigenvalue weighted by atomic mass is 79.9. The standard InChI is InChI=1S/C13H15BrN2O3/c1-7(13(18)19)9-5-16(6-9)12(17)8-2-3-11(15)10(14)4-8/h2-4,7,9H,5-6,15H2,1H3,(H,18,19). The molecule has 0 aromatic heterocycles. The third kappa shape index (κ3) is 2.73. The second-order valence-electron chi connectivity index (χ2n) is 4.83. The maximum Gasteiger partial charge on any atom is 0.306 e. The Bertz CT molecular complexity index is 527. The van der Waals surface area contributed by atoms with E-state index in [4.69, 9.17) is 10.8 Å². The molecule has 0 radical (unpaired) electrons. The molecule has 0 saturated carbocycles. The average molecular weight is 327 g/mol. The van der Waals surface area contributed by atoms with Gasteiger partial charge in [0.2, 0.25) is 0 Å². The molecule has 1 amide bonds. The number of carbonyl (C=O) groups excluding carboxylic acids is 1. The quantitative estimate of drug-likeness (QED) is 0.830. The van der Waals surface area contributed by atoms with Crippen molar-refractivity contribution in [3.05, 3.63) is 28.2 Å². The van der Waals surface area contributed by atoms with Gasteiger partial charge in [-0.15, -0.1) is 0 Å². The molecule has 1 atom stereocenters. The molecular formula is C13H15BrN2O3. The van der Waals surface area contributed by atoms with E-state index in [1.807, 2.05) is 0 Å². The van der Waals surface area contributed by atoms with Crippen LogP contribution in [0.4, 0.5) is 5.69 Å². The van der Waals surface area contributed by atoms with Gasteiger partial charge in [-0.3, -0.25) is 9.59 Å². The molecule has 0 spiro atoms. The second kappa shape index (κ2) is 5.21. The largest absolute Gasteiger partial charge is 0.481 e. The van der Waals surface area contributed by atoms with E-state index in [2.05, 4.69) is 15.9 Å². The Kier molecular flexibility index (Phi) is 3.80. The molecule has 102 valence electrons. The summed E-state index contributed by atoms with van der Waals surface area (Å²) in [7, 11) is 0. The number of benzene rings is 1. The van der Waals surface area contributed by atoms with E-state index in [0.717, 1.165) is 0 Å². The lowest BCUT2D eigenvalue weighted by Crippen LogP contribution is -2.53. The number of hydrogen-bond donors (Lipinski definition) is 2. The Morgan fingerprint density at radius 2 is 2.11 bits per heavy atom. The first kappa shape index (κ1) is 13.9. The van der Waals surface area contributed by atoms with Gasteiger partial charge in [-0.1, -0.05) is 6.92 Å². The number of hydrogen-bond acceptors (Lipinski definition) is 3. The number of anilines is 1. The van der Waals surface area contributed by atoms with Crippen molar-refractivity contribution < 1.29 is 14.7 Å². The Labute approximate surface area is 119 Å². The maximum atomic E-state index is 12.1. The second-order valence-corrected chi connectivity index (χ2v) is 5.69. The monoisotopic (exact) mass is 326 g/mol. The highest BCUT2D eigenvalue weighted by Gasteiger charge is 2.37. The van der Waals surface area contributed by atoms with E-state index in [0.29, 0.717) is 28.8 Å². The summed E-state index contributed by atoms with van der Waals surface area (Å²) in [5.41, 5.74) is 6.81. The van der Waals surface area contributed by atoms with Crippen LogP contribution in [0.1, 0.15) is 17.3 Å². The highest BCUT2D eigenvalue weighted by molar-refractivity contribution is 9.10. The zero-order chi connectivity index (χ0) is 14.2. The minimum atomic E-state index is -0.813. The minimum absolute atomic E-state index is 0.0404. The Morgan fingerprint density at radius 3 is 2.63 bits per heavy atom. The lowest BCUT2D eigenvalue weighted by molar-refractivity contribution is -0.144. The van der Waals surface area contributed by atoms with Crippen molar-refractivity contribution in [2.45, 2.75) is 6.92 Å². The van der Waals surface area contributed by atoms with Gasteiger partial charge in [0.15, 0.2) is 0 Å². The minimum Gasteiger partial charge on any atom is -0.481 e. The lowest BCUT2D eigenvalue weighted by atomic mass is 9.86. The van der Waals surface area contributed by atoms with Gasteiger partial charge in [0.05, 0.1) is 5.92 Å². The fourth-order valence-corrected chi connectivity index (χ4v) is 2.42. The predicted octanol–water partition coefficient (Wildman–Crippen LogP) is 1.82. The van der Waals surface area contributed by atoms with Crippen molar-refractivity contribution in [2.75, 3.05) is 18.8 Å². The molecule has 1 saturated heterocycles. The van der Waals surface area contributed by atoms with Gasteiger partial charge in [-0.25, -0.2) is 0 Å². The Balaban J connectivity index is 2.00. The van der Waals surface area contributed by atoms with Crippen molar-refractivity contribution >= 4 is 33.5 Å². The zero-order valence-electron chi connectivity index (χ0n) is 10.5. The first-order valence-corrected chi connectivity index (χ1v) is 6.76. The number of nitrogen functional groups attached to an aromatic ring is 1. The molecule has 1 unspecified atom stereocenters. The number of carboxylic acid groups (broad SMARTS) is 1. The summed E-state index contributed by atoms with van der Waals surface area (Å²) >= 11 is 3.28. The zero-order valence-corrected chi connectivity index (χ0v) is 12.1. The number of carbonyl (C=O) groups is 2. The molecule has 19 heavy (non-hydrogen) atoms. The van der Waals surface area contributed by atoms with Crippen LogP contribution in [0.15, 0.2) is 22.7 Å². The van der Waals surface area contributed by atoms with Gasteiger partial charge in [0.1, 0.15) is 0 Å². The van der Waals surface area contributed by atoms with Gasteiger partial charge in [-0.2, -0.15) is 0 Å². The Morgan fingerprint density at radius 1 is 1.47 bits per heavy atom. The summed E-state index contributed by atoms with van der Waals surface area (Å²) in [4.78, 5) is 24.6. The third-order valence-corrected chi connectivity index (χ3v) is 4.23. The van der Waals surface area contributed by atoms with Crippen molar-refractivity contribution in [3.8, 4) is 0 Å². The number of carboxylic acids is 1. The first-order chi connectivity index (χ1) is 8.90. The highest BCUT2D eigenvalue weighted by Crippen LogP contribution is 2.27. The summed E-state index contributed by atoms with van der Waals surface area (Å²) in [6.07, 6.45) is 0. The Hall–Kier alpha value is -1.56. The summed E-state index contributed by atoms with van der Waals surface area (Å²) < 4.78 is 0.689. The number of likely N-dealkylation sites (tertiary alicyclic amines) is 1. The van der Waals surface area contributed by atoms with E-state index in [1.54, 1.807) is 30.0 Å². The molecular weight excluding hydrogens is 312 g/mol. The molecule has 2 rings (SSSR count). The lowest BCUT2D eigenvalue weighted by Gasteiger charge is -2.41. The smallest absolute Gasteiger partial charge is 0.306 e. The fraction of sp³-hybridized carbons (Fsp3) is 0.385. The number of nitrogens with two attached hydrogens (primary N) is 1.